The summed E-state index contributed by atoms with van der Waals surface area (Å²) in [4.78, 5) is 15.8. The number of aldehydes is 1. The van der Waals surface area contributed by atoms with E-state index in [4.69, 9.17) is 16.4 Å². The predicted octanol–water partition coefficient (Wildman–Crippen LogP) is 5.03. The van der Waals surface area contributed by atoms with Gasteiger partial charge in [-0.15, -0.1) is 0 Å². The molecule has 1 fully saturated rings. The Hall–Kier alpha value is -2.02. The van der Waals surface area contributed by atoms with E-state index in [1.807, 2.05) is 6.92 Å². The Morgan fingerprint density at radius 3 is 2.58 bits per heavy atom. The molecule has 140 valence electrons. The number of carbonyl (C=O) groups is 1. The van der Waals surface area contributed by atoms with Gasteiger partial charge in [0, 0.05) is 12.6 Å². The van der Waals surface area contributed by atoms with Crippen molar-refractivity contribution in [2.45, 2.75) is 19.8 Å². The largest absolute Gasteiger partial charge is 0.351 e. The minimum atomic E-state index is -1.11. The molecule has 0 atom stereocenters. The second-order valence-corrected chi connectivity index (χ2v) is 6.42. The maximum Gasteiger partial charge on any atom is 0.182 e. The van der Waals surface area contributed by atoms with E-state index in [0.717, 1.165) is 24.2 Å². The van der Waals surface area contributed by atoms with Gasteiger partial charge in [-0.05, 0) is 55.5 Å². The van der Waals surface area contributed by atoms with Crippen molar-refractivity contribution in [1.29, 1.82) is 0 Å². The second kappa shape index (κ2) is 9.62. The van der Waals surface area contributed by atoms with E-state index in [9.17, 15) is 13.6 Å². The molecule has 0 unspecified atom stereocenters. The van der Waals surface area contributed by atoms with Crippen LogP contribution in [-0.2, 0) is 4.84 Å². The second-order valence-electron chi connectivity index (χ2n) is 6.01. The average Bonchev–Trinajstić information content (AvgIpc) is 3.44. The fraction of sp³-hybridized carbons (Fsp3) is 0.316. The van der Waals surface area contributed by atoms with E-state index < -0.39 is 11.6 Å². The van der Waals surface area contributed by atoms with Crippen LogP contribution in [0.25, 0.3) is 0 Å². The molecule has 4 nitrogen and oxygen atoms in total. The van der Waals surface area contributed by atoms with Gasteiger partial charge < -0.3 is 10.2 Å². The van der Waals surface area contributed by atoms with E-state index in [0.29, 0.717) is 17.0 Å². The minimum absolute atomic E-state index is 0.0236. The fourth-order valence-electron chi connectivity index (χ4n) is 2.13. The SMILES string of the molecule is CNOCC1CC1.Cc1ccc(Nc2c(C=O)ccc(F)c2F)c(Cl)c1. The van der Waals surface area contributed by atoms with Crippen LogP contribution in [0, 0.1) is 24.5 Å². The van der Waals surface area contributed by atoms with Gasteiger partial charge in [-0.2, -0.15) is 0 Å². The number of hydrogen-bond acceptors (Lipinski definition) is 4. The number of hydroxylamine groups is 1. The molecule has 0 aromatic heterocycles. The van der Waals surface area contributed by atoms with Crippen LogP contribution in [0.15, 0.2) is 30.3 Å². The molecule has 0 aliphatic heterocycles. The normalized spacial score (nSPS) is 13.0. The quantitative estimate of drug-likeness (QED) is 0.543. The number of aryl methyl sites for hydroxylation is 1. The third-order valence-corrected chi connectivity index (χ3v) is 4.11. The number of halogens is 3. The molecule has 0 saturated heterocycles. The zero-order chi connectivity index (χ0) is 19.1. The zero-order valence-electron chi connectivity index (χ0n) is 14.6. The summed E-state index contributed by atoms with van der Waals surface area (Å²) in [5.74, 6) is -1.27. The molecule has 1 aliphatic rings. The number of rotatable bonds is 6. The lowest BCUT2D eigenvalue weighted by atomic mass is 10.1. The van der Waals surface area contributed by atoms with Gasteiger partial charge in [0.25, 0.3) is 0 Å². The van der Waals surface area contributed by atoms with Gasteiger partial charge in [0.1, 0.15) is 0 Å². The molecule has 3 rings (SSSR count). The van der Waals surface area contributed by atoms with Crippen LogP contribution in [0.2, 0.25) is 5.02 Å². The number of nitrogens with one attached hydrogen (secondary N) is 2. The fourth-order valence-corrected chi connectivity index (χ4v) is 2.42. The van der Waals surface area contributed by atoms with E-state index in [-0.39, 0.29) is 11.3 Å². The summed E-state index contributed by atoms with van der Waals surface area (Å²) < 4.78 is 26.9. The van der Waals surface area contributed by atoms with Crippen molar-refractivity contribution in [2.24, 2.45) is 5.92 Å². The number of hydrogen-bond donors (Lipinski definition) is 2. The summed E-state index contributed by atoms with van der Waals surface area (Å²) in [5, 5.41) is 3.01. The molecule has 1 aliphatic carbocycles. The summed E-state index contributed by atoms with van der Waals surface area (Å²) in [7, 11) is 1.79. The Bertz CT molecular complexity index is 767. The van der Waals surface area contributed by atoms with E-state index in [2.05, 4.69) is 10.8 Å². The summed E-state index contributed by atoms with van der Waals surface area (Å²) >= 11 is 6.00. The Balaban J connectivity index is 0.000000290. The van der Waals surface area contributed by atoms with Gasteiger partial charge in [0.2, 0.25) is 0 Å². The molecule has 2 aromatic rings. The molecule has 0 bridgehead atoms. The van der Waals surface area contributed by atoms with Crippen LogP contribution < -0.4 is 10.8 Å². The Labute approximate surface area is 156 Å². The van der Waals surface area contributed by atoms with Crippen molar-refractivity contribution in [3.8, 4) is 0 Å². The lowest BCUT2D eigenvalue weighted by Gasteiger charge is -2.12. The summed E-state index contributed by atoms with van der Waals surface area (Å²) in [6.07, 6.45) is 3.18. The van der Waals surface area contributed by atoms with Crippen molar-refractivity contribution < 1.29 is 18.4 Å². The van der Waals surface area contributed by atoms with Gasteiger partial charge in [-0.1, -0.05) is 17.7 Å². The first-order chi connectivity index (χ1) is 12.5. The molecule has 1 saturated carbocycles. The third-order valence-electron chi connectivity index (χ3n) is 3.80. The van der Waals surface area contributed by atoms with Gasteiger partial charge in [-0.25, -0.2) is 14.3 Å². The Kier molecular flexibility index (Phi) is 7.50. The number of carbonyl (C=O) groups excluding carboxylic acids is 1. The van der Waals surface area contributed by atoms with E-state index >= 15 is 0 Å². The van der Waals surface area contributed by atoms with Gasteiger partial charge in [0.05, 0.1) is 23.0 Å². The van der Waals surface area contributed by atoms with E-state index in [1.165, 1.54) is 18.9 Å². The molecule has 0 amide bonds. The summed E-state index contributed by atoms with van der Waals surface area (Å²) in [5.41, 5.74) is 3.78. The molecule has 0 heterocycles. The number of anilines is 2. The van der Waals surface area contributed by atoms with Crippen LogP contribution in [0.3, 0.4) is 0 Å². The van der Waals surface area contributed by atoms with Crippen LogP contribution in [0.5, 0.6) is 0 Å². The Morgan fingerprint density at radius 1 is 1.27 bits per heavy atom. The molecular formula is C19H21ClF2N2O2. The molecule has 0 radical (unpaired) electrons. The van der Waals surface area contributed by atoms with Crippen molar-refractivity contribution >= 4 is 29.3 Å². The van der Waals surface area contributed by atoms with Crippen LogP contribution in [0.4, 0.5) is 20.2 Å². The maximum absolute atomic E-state index is 13.7. The molecule has 2 aromatic carbocycles. The highest BCUT2D eigenvalue weighted by Gasteiger charge is 2.20. The molecule has 26 heavy (non-hydrogen) atoms. The highest BCUT2D eigenvalue weighted by atomic mass is 35.5. The lowest BCUT2D eigenvalue weighted by molar-refractivity contribution is 0.0501. The highest BCUT2D eigenvalue weighted by Crippen LogP contribution is 2.30. The summed E-state index contributed by atoms with van der Waals surface area (Å²) in [6, 6.07) is 7.20. The Morgan fingerprint density at radius 2 is 2.00 bits per heavy atom. The summed E-state index contributed by atoms with van der Waals surface area (Å²) in [6.45, 7) is 2.76. The maximum atomic E-state index is 13.7. The smallest absolute Gasteiger partial charge is 0.182 e. The zero-order valence-corrected chi connectivity index (χ0v) is 15.4. The van der Waals surface area contributed by atoms with Crippen LogP contribution in [0.1, 0.15) is 28.8 Å². The van der Waals surface area contributed by atoms with E-state index in [1.54, 1.807) is 25.2 Å². The van der Waals surface area contributed by atoms with Crippen molar-refractivity contribution in [2.75, 3.05) is 19.0 Å². The third kappa shape index (κ3) is 5.76. The molecular weight excluding hydrogens is 362 g/mol. The topological polar surface area (TPSA) is 50.4 Å². The highest BCUT2D eigenvalue weighted by molar-refractivity contribution is 6.33. The predicted molar refractivity (Wildman–Crippen MR) is 99.0 cm³/mol. The monoisotopic (exact) mass is 382 g/mol. The first kappa shape index (κ1) is 20.3. The van der Waals surface area contributed by atoms with Crippen LogP contribution >= 0.6 is 11.6 Å². The van der Waals surface area contributed by atoms with Gasteiger partial charge in [-0.3, -0.25) is 4.79 Å². The molecule has 0 spiro atoms. The van der Waals surface area contributed by atoms with Crippen LogP contribution in [-0.4, -0.2) is 19.9 Å². The average molecular weight is 383 g/mol. The van der Waals surface area contributed by atoms with Crippen molar-refractivity contribution in [3.63, 3.8) is 0 Å². The molecule has 2 N–H and O–H groups in total. The standard InChI is InChI=1S/C14H10ClF2NO.C5H11NO/c1-8-2-5-12(10(15)6-8)18-14-9(7-19)3-4-11(16)13(14)17;1-6-7-4-5-2-3-5/h2-7,18H,1H3;5-6H,2-4H2,1H3. The molecule has 7 heteroatoms. The van der Waals surface area contributed by atoms with Gasteiger partial charge in [0.15, 0.2) is 17.9 Å². The first-order valence-corrected chi connectivity index (χ1v) is 8.59. The van der Waals surface area contributed by atoms with Crippen molar-refractivity contribution in [1.82, 2.24) is 5.48 Å². The first-order valence-electron chi connectivity index (χ1n) is 8.21. The van der Waals surface area contributed by atoms with Gasteiger partial charge >= 0.3 is 0 Å². The number of benzene rings is 2. The minimum Gasteiger partial charge on any atom is -0.351 e. The van der Waals surface area contributed by atoms with Crippen molar-refractivity contribution in [3.05, 3.63) is 58.1 Å². The lowest BCUT2D eigenvalue weighted by Crippen LogP contribution is -2.08.